The molecule has 42 heavy (non-hydrogen) atoms. The van der Waals surface area contributed by atoms with Gasteiger partial charge in [0, 0.05) is 77.4 Å². The predicted octanol–water partition coefficient (Wildman–Crippen LogP) is 2.30. The number of piperazine rings is 1. The van der Waals surface area contributed by atoms with Crippen LogP contribution in [0.2, 0.25) is 0 Å². The predicted molar refractivity (Wildman–Crippen MR) is 167 cm³/mol. The van der Waals surface area contributed by atoms with Crippen LogP contribution in [0.1, 0.15) is 50.1 Å². The molecule has 2 aliphatic rings. The van der Waals surface area contributed by atoms with Gasteiger partial charge in [-0.2, -0.15) is 0 Å². The van der Waals surface area contributed by atoms with Gasteiger partial charge in [0.2, 0.25) is 17.7 Å². The zero-order chi connectivity index (χ0) is 30.2. The summed E-state index contributed by atoms with van der Waals surface area (Å²) < 4.78 is 6.62. The summed E-state index contributed by atoms with van der Waals surface area (Å²) in [6, 6.07) is 5.16. The zero-order valence-corrected chi connectivity index (χ0v) is 26.2. The van der Waals surface area contributed by atoms with Crippen molar-refractivity contribution in [1.29, 1.82) is 0 Å². The molecule has 10 nitrogen and oxygen atoms in total. The monoisotopic (exact) mass is 598 g/mol. The van der Waals surface area contributed by atoms with E-state index in [1.807, 2.05) is 6.07 Å². The smallest absolute Gasteiger partial charge is 0.247 e. The van der Waals surface area contributed by atoms with Crippen LogP contribution in [0.5, 0.6) is 0 Å². The molecule has 3 amide bonds. The summed E-state index contributed by atoms with van der Waals surface area (Å²) in [5.74, 6) is -0.217. The summed E-state index contributed by atoms with van der Waals surface area (Å²) in [5.41, 5.74) is 2.64. The van der Waals surface area contributed by atoms with Crippen molar-refractivity contribution in [3.8, 4) is 0 Å². The third kappa shape index (κ3) is 9.07. The SMILES string of the molecule is C=C(CN1CCN(C)CC1)C(=O)NCC(NC(=O)[C@H](Cc1nc2ccc(C(C)C)cc2s1)NC(C)=O)C1CCOCC1. The fourth-order valence-corrected chi connectivity index (χ4v) is 6.54. The second kappa shape index (κ2) is 15.0. The number of benzene rings is 1. The van der Waals surface area contributed by atoms with Gasteiger partial charge in [0.25, 0.3) is 0 Å². The summed E-state index contributed by atoms with van der Waals surface area (Å²) in [5, 5.41) is 9.78. The lowest BCUT2D eigenvalue weighted by atomic mass is 9.91. The van der Waals surface area contributed by atoms with Crippen LogP contribution in [-0.2, 0) is 25.5 Å². The molecule has 1 aromatic carbocycles. The van der Waals surface area contributed by atoms with Gasteiger partial charge in [0.05, 0.1) is 15.2 Å². The minimum Gasteiger partial charge on any atom is -0.381 e. The number of hydrogen-bond acceptors (Lipinski definition) is 8. The first-order valence-electron chi connectivity index (χ1n) is 15.0. The standard InChI is InChI=1S/C31H46N6O4S/c1-20(2)24-6-7-25-28(16-24)42-29(34-25)17-26(33-22(4)38)31(40)35-27(23-8-14-41-15-9-23)18-32-30(39)21(3)19-37-12-10-36(5)11-13-37/h6-7,16,20,23,26-27H,3,8-15,17-19H2,1-2,4-5H3,(H,32,39)(H,33,38)(H,35,40)/t26-,27?/m0/s1. The molecule has 0 radical (unpaired) electrons. The second-order valence-corrected chi connectivity index (χ2v) is 13.0. The van der Waals surface area contributed by atoms with Crippen molar-refractivity contribution >= 4 is 39.3 Å². The Labute approximate surface area is 253 Å². The molecular formula is C31H46N6O4S. The van der Waals surface area contributed by atoms with Crippen LogP contribution in [0, 0.1) is 5.92 Å². The van der Waals surface area contributed by atoms with Gasteiger partial charge in [-0.15, -0.1) is 11.3 Å². The number of carbonyl (C=O) groups excluding carboxylic acids is 3. The van der Waals surface area contributed by atoms with Crippen LogP contribution >= 0.6 is 11.3 Å². The highest BCUT2D eigenvalue weighted by atomic mass is 32.1. The summed E-state index contributed by atoms with van der Waals surface area (Å²) in [6.07, 6.45) is 1.85. The van der Waals surface area contributed by atoms with Crippen molar-refractivity contribution in [2.24, 2.45) is 5.92 Å². The number of nitrogens with one attached hydrogen (secondary N) is 3. The maximum Gasteiger partial charge on any atom is 0.247 e. The Hall–Kier alpha value is -2.86. The van der Waals surface area contributed by atoms with Crippen LogP contribution in [-0.4, -0.2) is 104 Å². The molecule has 0 aliphatic carbocycles. The number of rotatable bonds is 12. The Morgan fingerprint density at radius 3 is 2.50 bits per heavy atom. The van der Waals surface area contributed by atoms with Gasteiger partial charge in [-0.3, -0.25) is 19.3 Å². The van der Waals surface area contributed by atoms with Crippen molar-refractivity contribution in [3.63, 3.8) is 0 Å². The van der Waals surface area contributed by atoms with E-state index in [-0.39, 0.29) is 42.6 Å². The Kier molecular flexibility index (Phi) is 11.5. The molecule has 1 unspecified atom stereocenters. The van der Waals surface area contributed by atoms with E-state index >= 15 is 0 Å². The van der Waals surface area contributed by atoms with Crippen molar-refractivity contribution in [2.45, 2.75) is 58.0 Å². The number of carbonyl (C=O) groups is 3. The van der Waals surface area contributed by atoms with Crippen LogP contribution < -0.4 is 16.0 Å². The molecule has 2 atom stereocenters. The summed E-state index contributed by atoms with van der Waals surface area (Å²) in [7, 11) is 2.10. The first-order valence-corrected chi connectivity index (χ1v) is 15.8. The molecule has 230 valence electrons. The topological polar surface area (TPSA) is 116 Å². The van der Waals surface area contributed by atoms with E-state index in [9.17, 15) is 14.4 Å². The molecule has 2 aromatic rings. The Balaban J connectivity index is 1.41. The van der Waals surface area contributed by atoms with Gasteiger partial charge in [0.15, 0.2) is 0 Å². The van der Waals surface area contributed by atoms with Gasteiger partial charge in [0.1, 0.15) is 6.04 Å². The highest BCUT2D eigenvalue weighted by Crippen LogP contribution is 2.27. The third-order valence-corrected chi connectivity index (χ3v) is 9.21. The highest BCUT2D eigenvalue weighted by Gasteiger charge is 2.30. The summed E-state index contributed by atoms with van der Waals surface area (Å²) in [4.78, 5) is 48.0. The highest BCUT2D eigenvalue weighted by molar-refractivity contribution is 7.18. The molecule has 2 fully saturated rings. The first-order chi connectivity index (χ1) is 20.1. The number of thiazole rings is 1. The molecule has 3 heterocycles. The molecule has 0 spiro atoms. The maximum atomic E-state index is 13.6. The zero-order valence-electron chi connectivity index (χ0n) is 25.4. The number of aromatic nitrogens is 1. The molecule has 3 N–H and O–H groups in total. The number of ether oxygens (including phenoxy) is 1. The van der Waals surface area contributed by atoms with E-state index in [1.165, 1.54) is 12.5 Å². The Morgan fingerprint density at radius 2 is 1.83 bits per heavy atom. The van der Waals surface area contributed by atoms with Gasteiger partial charge in [-0.1, -0.05) is 26.5 Å². The normalized spacial score (nSPS) is 18.5. The van der Waals surface area contributed by atoms with Gasteiger partial charge < -0.3 is 25.6 Å². The summed E-state index contributed by atoms with van der Waals surface area (Å²) in [6.45, 7) is 15.5. The van der Waals surface area contributed by atoms with Gasteiger partial charge in [-0.05, 0) is 49.4 Å². The van der Waals surface area contributed by atoms with E-state index in [0.717, 1.165) is 54.2 Å². The lowest BCUT2D eigenvalue weighted by molar-refractivity contribution is -0.129. The number of likely N-dealkylation sites (N-methyl/N-ethyl adjacent to an activating group) is 1. The molecule has 2 saturated heterocycles. The van der Waals surface area contributed by atoms with E-state index in [2.05, 4.69) is 65.4 Å². The number of fused-ring (bicyclic) bond motifs is 1. The fourth-order valence-electron chi connectivity index (χ4n) is 5.48. The van der Waals surface area contributed by atoms with E-state index in [1.54, 1.807) is 11.3 Å². The lowest BCUT2D eigenvalue weighted by Gasteiger charge is -2.33. The lowest BCUT2D eigenvalue weighted by Crippen LogP contribution is -2.55. The third-order valence-electron chi connectivity index (χ3n) is 8.17. The Morgan fingerprint density at radius 1 is 1.12 bits per heavy atom. The molecule has 4 rings (SSSR count). The quantitative estimate of drug-likeness (QED) is 0.321. The largest absolute Gasteiger partial charge is 0.381 e. The minimum atomic E-state index is -0.780. The van der Waals surface area contributed by atoms with Gasteiger partial charge in [-0.25, -0.2) is 4.98 Å². The van der Waals surface area contributed by atoms with Crippen LogP contribution in [0.15, 0.2) is 30.4 Å². The van der Waals surface area contributed by atoms with Crippen molar-refractivity contribution in [2.75, 3.05) is 59.5 Å². The fraction of sp³-hybridized carbons (Fsp3) is 0.613. The van der Waals surface area contributed by atoms with Crippen molar-refractivity contribution in [1.82, 2.24) is 30.7 Å². The molecule has 1 aromatic heterocycles. The average Bonchev–Trinajstić information content (AvgIpc) is 3.37. The molecule has 0 saturated carbocycles. The van der Waals surface area contributed by atoms with E-state index in [4.69, 9.17) is 9.72 Å². The maximum absolute atomic E-state index is 13.6. The summed E-state index contributed by atoms with van der Waals surface area (Å²) >= 11 is 1.55. The van der Waals surface area contributed by atoms with E-state index in [0.29, 0.717) is 31.2 Å². The minimum absolute atomic E-state index is 0.142. The average molecular weight is 599 g/mol. The van der Waals surface area contributed by atoms with Gasteiger partial charge >= 0.3 is 0 Å². The first kappa shape index (κ1) is 32.1. The number of amides is 3. The molecule has 2 aliphatic heterocycles. The van der Waals surface area contributed by atoms with Crippen LogP contribution in [0.4, 0.5) is 0 Å². The Bertz CT molecular complexity index is 1250. The molecule has 0 bridgehead atoms. The molecule has 11 heteroatoms. The molecular weight excluding hydrogens is 552 g/mol. The second-order valence-electron chi connectivity index (χ2n) is 11.9. The van der Waals surface area contributed by atoms with E-state index < -0.39 is 6.04 Å². The van der Waals surface area contributed by atoms with Crippen LogP contribution in [0.3, 0.4) is 0 Å². The van der Waals surface area contributed by atoms with Crippen LogP contribution in [0.25, 0.3) is 10.2 Å². The number of nitrogens with zero attached hydrogens (tertiary/aromatic N) is 3. The van der Waals surface area contributed by atoms with Crippen molar-refractivity contribution < 1.29 is 19.1 Å². The number of hydrogen-bond donors (Lipinski definition) is 3. The van der Waals surface area contributed by atoms with Crippen molar-refractivity contribution in [3.05, 3.63) is 40.9 Å².